The average molecular weight is 389 g/mol. The molecule has 6 nitrogen and oxygen atoms in total. The number of ether oxygens (including phenoxy) is 1. The Hall–Kier alpha value is -3.54. The number of rotatable bonds is 8. The molecule has 0 bridgehead atoms. The largest absolute Gasteiger partial charge is 0.468 e. The number of nitrogens with zero attached hydrogens (tertiary/aromatic N) is 2. The van der Waals surface area contributed by atoms with Gasteiger partial charge in [-0.3, -0.25) is 9.59 Å². The normalized spacial score (nSPS) is 11.6. The SMILES string of the molecule is COC(=O)C(CCc1ccccc1)C(=O)Cc1ccc(-c2cnc(N)nc2)cc1. The first kappa shape index (κ1) is 20.2. The van der Waals surface area contributed by atoms with Crippen LogP contribution in [0.2, 0.25) is 0 Å². The summed E-state index contributed by atoms with van der Waals surface area (Å²) >= 11 is 0. The third-order valence-corrected chi connectivity index (χ3v) is 4.78. The summed E-state index contributed by atoms with van der Waals surface area (Å²) in [6.07, 6.45) is 4.55. The first-order valence-corrected chi connectivity index (χ1v) is 9.38. The van der Waals surface area contributed by atoms with Gasteiger partial charge in [-0.05, 0) is 29.5 Å². The molecule has 0 fully saturated rings. The second kappa shape index (κ2) is 9.59. The predicted molar refractivity (Wildman–Crippen MR) is 111 cm³/mol. The first-order chi connectivity index (χ1) is 14.1. The predicted octanol–water partition coefficient (Wildman–Crippen LogP) is 3.26. The maximum atomic E-state index is 12.8. The van der Waals surface area contributed by atoms with Crippen LogP contribution in [0.1, 0.15) is 17.5 Å². The highest BCUT2D eigenvalue weighted by Gasteiger charge is 2.27. The molecule has 0 aliphatic heterocycles. The van der Waals surface area contributed by atoms with Gasteiger partial charge in [-0.2, -0.15) is 0 Å². The number of esters is 1. The number of Topliss-reactive ketones (excluding diaryl/α,β-unsaturated/α-hetero) is 1. The number of aryl methyl sites for hydroxylation is 1. The van der Waals surface area contributed by atoms with E-state index in [1.54, 1.807) is 12.4 Å². The van der Waals surface area contributed by atoms with Crippen molar-refractivity contribution < 1.29 is 14.3 Å². The second-order valence-corrected chi connectivity index (χ2v) is 6.77. The van der Waals surface area contributed by atoms with Crippen molar-refractivity contribution in [2.24, 2.45) is 5.92 Å². The summed E-state index contributed by atoms with van der Waals surface area (Å²) in [5.74, 6) is -1.18. The molecule has 0 aliphatic carbocycles. The highest BCUT2D eigenvalue weighted by Crippen LogP contribution is 2.20. The molecule has 3 aromatic rings. The molecule has 2 N–H and O–H groups in total. The van der Waals surface area contributed by atoms with Crippen molar-refractivity contribution in [2.45, 2.75) is 19.3 Å². The van der Waals surface area contributed by atoms with E-state index in [9.17, 15) is 9.59 Å². The Kier molecular flexibility index (Phi) is 6.68. The van der Waals surface area contributed by atoms with Gasteiger partial charge in [0.2, 0.25) is 5.95 Å². The van der Waals surface area contributed by atoms with Crippen molar-refractivity contribution in [1.82, 2.24) is 9.97 Å². The standard InChI is InChI=1S/C23H23N3O3/c1-29-22(28)20(12-9-16-5-3-2-4-6-16)21(27)13-17-7-10-18(11-8-17)19-14-25-23(24)26-15-19/h2-8,10-11,14-15,20H,9,12-13H2,1H3,(H2,24,25,26). The van der Waals surface area contributed by atoms with Gasteiger partial charge < -0.3 is 10.5 Å². The minimum Gasteiger partial charge on any atom is -0.468 e. The van der Waals surface area contributed by atoms with Crippen LogP contribution in [0.5, 0.6) is 0 Å². The van der Waals surface area contributed by atoms with E-state index in [0.717, 1.165) is 22.3 Å². The van der Waals surface area contributed by atoms with E-state index in [1.165, 1.54) is 7.11 Å². The fourth-order valence-electron chi connectivity index (χ4n) is 3.13. The molecule has 6 heteroatoms. The Morgan fingerprint density at radius 3 is 2.21 bits per heavy atom. The summed E-state index contributed by atoms with van der Waals surface area (Å²) in [6.45, 7) is 0. The van der Waals surface area contributed by atoms with E-state index in [0.29, 0.717) is 12.8 Å². The van der Waals surface area contributed by atoms with Gasteiger partial charge in [0.15, 0.2) is 5.78 Å². The summed E-state index contributed by atoms with van der Waals surface area (Å²) in [5.41, 5.74) is 9.20. The summed E-state index contributed by atoms with van der Waals surface area (Å²) in [4.78, 5) is 32.9. The van der Waals surface area contributed by atoms with Crippen molar-refractivity contribution in [3.63, 3.8) is 0 Å². The average Bonchev–Trinajstić information content (AvgIpc) is 2.75. The highest BCUT2D eigenvalue weighted by molar-refractivity contribution is 5.99. The highest BCUT2D eigenvalue weighted by atomic mass is 16.5. The lowest BCUT2D eigenvalue weighted by Crippen LogP contribution is -2.27. The van der Waals surface area contributed by atoms with Crippen LogP contribution in [0.4, 0.5) is 5.95 Å². The number of nitrogens with two attached hydrogens (primary N) is 1. The maximum absolute atomic E-state index is 12.8. The van der Waals surface area contributed by atoms with E-state index in [-0.39, 0.29) is 18.2 Å². The van der Waals surface area contributed by atoms with Gasteiger partial charge in [-0.15, -0.1) is 0 Å². The minimum atomic E-state index is -0.773. The summed E-state index contributed by atoms with van der Waals surface area (Å²) in [7, 11) is 1.31. The van der Waals surface area contributed by atoms with Gasteiger partial charge in [0.25, 0.3) is 0 Å². The summed E-state index contributed by atoms with van der Waals surface area (Å²) in [6, 6.07) is 17.3. The van der Waals surface area contributed by atoms with E-state index in [4.69, 9.17) is 10.5 Å². The van der Waals surface area contributed by atoms with E-state index >= 15 is 0 Å². The van der Waals surface area contributed by atoms with Crippen LogP contribution in [-0.2, 0) is 27.2 Å². The number of ketones is 1. The van der Waals surface area contributed by atoms with Crippen molar-refractivity contribution in [2.75, 3.05) is 12.8 Å². The maximum Gasteiger partial charge on any atom is 0.316 e. The lowest BCUT2D eigenvalue weighted by molar-refractivity contribution is -0.149. The van der Waals surface area contributed by atoms with E-state index in [2.05, 4.69) is 9.97 Å². The van der Waals surface area contributed by atoms with Crippen molar-refractivity contribution >= 4 is 17.7 Å². The van der Waals surface area contributed by atoms with Crippen molar-refractivity contribution in [1.29, 1.82) is 0 Å². The van der Waals surface area contributed by atoms with Gasteiger partial charge in [0, 0.05) is 24.4 Å². The Morgan fingerprint density at radius 2 is 1.59 bits per heavy atom. The number of carbonyl (C=O) groups is 2. The Balaban J connectivity index is 1.66. The molecule has 1 aromatic heterocycles. The number of aromatic nitrogens is 2. The lowest BCUT2D eigenvalue weighted by Gasteiger charge is -2.14. The van der Waals surface area contributed by atoms with Crippen molar-refractivity contribution in [3.05, 3.63) is 78.1 Å². The van der Waals surface area contributed by atoms with Gasteiger partial charge >= 0.3 is 5.97 Å². The Morgan fingerprint density at radius 1 is 0.931 bits per heavy atom. The van der Waals surface area contributed by atoms with Crippen LogP contribution in [-0.4, -0.2) is 28.8 Å². The lowest BCUT2D eigenvalue weighted by atomic mass is 9.91. The smallest absolute Gasteiger partial charge is 0.316 e. The molecule has 1 unspecified atom stereocenters. The molecule has 0 spiro atoms. The fraction of sp³-hybridized carbons (Fsp3) is 0.217. The first-order valence-electron chi connectivity index (χ1n) is 9.38. The molecule has 0 amide bonds. The molecule has 1 heterocycles. The number of anilines is 1. The molecular formula is C23H23N3O3. The molecule has 0 radical (unpaired) electrons. The zero-order chi connectivity index (χ0) is 20.6. The van der Waals surface area contributed by atoms with Crippen LogP contribution in [0, 0.1) is 5.92 Å². The summed E-state index contributed by atoms with van der Waals surface area (Å²) in [5, 5.41) is 0. The molecule has 0 aliphatic rings. The molecule has 148 valence electrons. The van der Waals surface area contributed by atoms with Gasteiger partial charge in [-0.1, -0.05) is 54.6 Å². The molecule has 29 heavy (non-hydrogen) atoms. The number of hydrogen-bond donors (Lipinski definition) is 1. The molecule has 2 aromatic carbocycles. The van der Waals surface area contributed by atoms with Crippen LogP contribution >= 0.6 is 0 Å². The fourth-order valence-corrected chi connectivity index (χ4v) is 3.13. The zero-order valence-electron chi connectivity index (χ0n) is 16.2. The van der Waals surface area contributed by atoms with Crippen LogP contribution in [0.15, 0.2) is 67.0 Å². The minimum absolute atomic E-state index is 0.142. The van der Waals surface area contributed by atoms with E-state index < -0.39 is 11.9 Å². The number of benzene rings is 2. The van der Waals surface area contributed by atoms with Crippen LogP contribution in [0.25, 0.3) is 11.1 Å². The topological polar surface area (TPSA) is 95.2 Å². The van der Waals surface area contributed by atoms with Crippen LogP contribution in [0.3, 0.4) is 0 Å². The molecule has 3 rings (SSSR count). The third-order valence-electron chi connectivity index (χ3n) is 4.78. The summed E-state index contributed by atoms with van der Waals surface area (Å²) < 4.78 is 4.86. The monoisotopic (exact) mass is 389 g/mol. The number of hydrogen-bond acceptors (Lipinski definition) is 6. The second-order valence-electron chi connectivity index (χ2n) is 6.77. The van der Waals surface area contributed by atoms with Crippen LogP contribution < -0.4 is 5.73 Å². The number of carbonyl (C=O) groups excluding carboxylic acids is 2. The zero-order valence-corrected chi connectivity index (χ0v) is 16.2. The van der Waals surface area contributed by atoms with Gasteiger partial charge in [0.1, 0.15) is 5.92 Å². The van der Waals surface area contributed by atoms with E-state index in [1.807, 2.05) is 54.6 Å². The number of nitrogen functional groups attached to an aromatic ring is 1. The molecule has 0 saturated carbocycles. The van der Waals surface area contributed by atoms with Gasteiger partial charge in [0.05, 0.1) is 7.11 Å². The van der Waals surface area contributed by atoms with Gasteiger partial charge in [-0.25, -0.2) is 9.97 Å². The number of methoxy groups -OCH3 is 1. The molecular weight excluding hydrogens is 366 g/mol. The Bertz CT molecular complexity index is 955. The molecule has 0 saturated heterocycles. The molecule has 1 atom stereocenters. The quantitative estimate of drug-likeness (QED) is 0.469. The van der Waals surface area contributed by atoms with Crippen molar-refractivity contribution in [3.8, 4) is 11.1 Å². The Labute approximate surface area is 169 Å². The third kappa shape index (κ3) is 5.48.